The molecule has 0 bridgehead atoms. The van der Waals surface area contributed by atoms with Crippen molar-refractivity contribution in [2.75, 3.05) is 11.9 Å². The second-order valence-electron chi connectivity index (χ2n) is 6.83. The Labute approximate surface area is 196 Å². The molecule has 0 atom stereocenters. The number of hydrogen-bond acceptors (Lipinski definition) is 3. The molecular formula is C25H23BrClNO3. The Morgan fingerprint density at radius 1 is 1.10 bits per heavy atom. The molecule has 3 aromatic rings. The van der Waals surface area contributed by atoms with Crippen LogP contribution in [0.1, 0.15) is 23.6 Å². The van der Waals surface area contributed by atoms with Crippen molar-refractivity contribution in [2.45, 2.75) is 20.5 Å². The molecule has 3 rings (SSSR count). The molecule has 0 saturated heterocycles. The minimum atomic E-state index is -0.211. The summed E-state index contributed by atoms with van der Waals surface area (Å²) in [5.74, 6) is 0.961. The van der Waals surface area contributed by atoms with E-state index in [-0.39, 0.29) is 5.91 Å². The molecule has 0 saturated carbocycles. The Balaban J connectivity index is 1.74. The van der Waals surface area contributed by atoms with E-state index >= 15 is 0 Å². The van der Waals surface area contributed by atoms with Crippen molar-refractivity contribution in [3.05, 3.63) is 92.9 Å². The van der Waals surface area contributed by atoms with E-state index < -0.39 is 0 Å². The van der Waals surface area contributed by atoms with Crippen molar-refractivity contribution in [2.24, 2.45) is 0 Å². The molecule has 0 fully saturated rings. The van der Waals surface area contributed by atoms with Gasteiger partial charge in [0.2, 0.25) is 5.91 Å². The first-order chi connectivity index (χ1) is 15.0. The second-order valence-corrected chi connectivity index (χ2v) is 8.09. The first-order valence-corrected chi connectivity index (χ1v) is 11.0. The van der Waals surface area contributed by atoms with Gasteiger partial charge >= 0.3 is 0 Å². The normalized spacial score (nSPS) is 10.8. The first kappa shape index (κ1) is 22.9. The number of nitrogens with one attached hydrogen (secondary N) is 1. The molecule has 0 radical (unpaired) electrons. The number of aryl methyl sites for hydroxylation is 1. The van der Waals surface area contributed by atoms with Gasteiger partial charge in [0.25, 0.3) is 0 Å². The molecule has 0 aromatic heterocycles. The zero-order chi connectivity index (χ0) is 22.2. The molecular weight excluding hydrogens is 478 g/mol. The van der Waals surface area contributed by atoms with Crippen LogP contribution >= 0.6 is 27.5 Å². The van der Waals surface area contributed by atoms with Crippen LogP contribution in [0.2, 0.25) is 5.02 Å². The zero-order valence-corrected chi connectivity index (χ0v) is 19.7. The van der Waals surface area contributed by atoms with E-state index in [1.807, 2.05) is 74.5 Å². The Morgan fingerprint density at radius 2 is 1.84 bits per heavy atom. The second kappa shape index (κ2) is 11.0. The maximum atomic E-state index is 12.2. The Morgan fingerprint density at radius 3 is 2.55 bits per heavy atom. The lowest BCUT2D eigenvalue weighted by atomic mass is 10.1. The number of carbonyl (C=O) groups excluding carboxylic acids is 1. The van der Waals surface area contributed by atoms with Crippen LogP contribution in [-0.4, -0.2) is 12.5 Å². The van der Waals surface area contributed by atoms with Crippen molar-refractivity contribution in [3.63, 3.8) is 0 Å². The fourth-order valence-electron chi connectivity index (χ4n) is 2.85. The molecule has 0 aliphatic rings. The number of anilines is 1. The average Bonchev–Trinajstić information content (AvgIpc) is 2.75. The minimum absolute atomic E-state index is 0.211. The summed E-state index contributed by atoms with van der Waals surface area (Å²) in [4.78, 5) is 12.2. The van der Waals surface area contributed by atoms with Crippen molar-refractivity contribution >= 4 is 45.2 Å². The number of rotatable bonds is 8. The molecule has 4 nitrogen and oxygen atoms in total. The van der Waals surface area contributed by atoms with Crippen molar-refractivity contribution in [3.8, 4) is 11.5 Å². The average molecular weight is 501 g/mol. The largest absolute Gasteiger partial charge is 0.490 e. The zero-order valence-electron chi connectivity index (χ0n) is 17.3. The molecule has 0 spiro atoms. The van der Waals surface area contributed by atoms with E-state index in [0.29, 0.717) is 29.7 Å². The smallest absolute Gasteiger partial charge is 0.248 e. The minimum Gasteiger partial charge on any atom is -0.490 e. The highest BCUT2D eigenvalue weighted by molar-refractivity contribution is 9.10. The van der Waals surface area contributed by atoms with Crippen molar-refractivity contribution < 1.29 is 14.3 Å². The van der Waals surface area contributed by atoms with Crippen LogP contribution in [0.4, 0.5) is 5.69 Å². The summed E-state index contributed by atoms with van der Waals surface area (Å²) >= 11 is 9.78. The van der Waals surface area contributed by atoms with Crippen LogP contribution in [0.3, 0.4) is 0 Å². The van der Waals surface area contributed by atoms with Crippen molar-refractivity contribution in [1.82, 2.24) is 0 Å². The molecule has 1 amide bonds. The lowest BCUT2D eigenvalue weighted by Gasteiger charge is -2.15. The third-order valence-corrected chi connectivity index (χ3v) is 5.37. The summed E-state index contributed by atoms with van der Waals surface area (Å²) in [6.45, 7) is 4.70. The van der Waals surface area contributed by atoms with Gasteiger partial charge in [0.15, 0.2) is 11.5 Å². The molecule has 0 aliphatic heterocycles. The summed E-state index contributed by atoms with van der Waals surface area (Å²) in [7, 11) is 0. The van der Waals surface area contributed by atoms with Gasteiger partial charge in [-0.1, -0.05) is 47.5 Å². The molecule has 0 aliphatic carbocycles. The van der Waals surface area contributed by atoms with Gasteiger partial charge in [-0.2, -0.15) is 0 Å². The number of benzene rings is 3. The van der Waals surface area contributed by atoms with Gasteiger partial charge < -0.3 is 14.8 Å². The fourth-order valence-corrected chi connectivity index (χ4v) is 3.61. The van der Waals surface area contributed by atoms with E-state index in [0.717, 1.165) is 26.9 Å². The summed E-state index contributed by atoms with van der Waals surface area (Å²) in [6, 6.07) is 18.9. The third-order valence-electron chi connectivity index (χ3n) is 4.41. The van der Waals surface area contributed by atoms with E-state index in [4.69, 9.17) is 21.1 Å². The number of hydrogen-bond donors (Lipinski definition) is 1. The van der Waals surface area contributed by atoms with Gasteiger partial charge in [-0.15, -0.1) is 0 Å². The van der Waals surface area contributed by atoms with Gasteiger partial charge in [0.1, 0.15) is 6.61 Å². The summed E-state index contributed by atoms with van der Waals surface area (Å²) < 4.78 is 12.5. The van der Waals surface area contributed by atoms with E-state index in [9.17, 15) is 4.79 Å². The Hall–Kier alpha value is -2.76. The van der Waals surface area contributed by atoms with Gasteiger partial charge in [-0.25, -0.2) is 0 Å². The maximum Gasteiger partial charge on any atom is 0.248 e. The summed E-state index contributed by atoms with van der Waals surface area (Å²) in [6.07, 6.45) is 3.22. The highest BCUT2D eigenvalue weighted by Crippen LogP contribution is 2.38. The monoisotopic (exact) mass is 499 g/mol. The molecule has 0 unspecified atom stereocenters. The predicted octanol–water partition coefficient (Wildman–Crippen LogP) is 7.04. The van der Waals surface area contributed by atoms with Gasteiger partial charge in [-0.05, 0) is 71.7 Å². The summed E-state index contributed by atoms with van der Waals surface area (Å²) in [5.41, 5.74) is 3.58. The molecule has 1 N–H and O–H groups in total. The number of halogens is 2. The molecule has 3 aromatic carbocycles. The SMILES string of the molecule is CCOc1cc(/C=C/C(=O)Nc2ccc(C)cc2)cc(Br)c1OCc1ccccc1Cl. The predicted molar refractivity (Wildman–Crippen MR) is 130 cm³/mol. The van der Waals surface area contributed by atoms with Crippen molar-refractivity contribution in [1.29, 1.82) is 0 Å². The lowest BCUT2D eigenvalue weighted by Crippen LogP contribution is -2.07. The maximum absolute atomic E-state index is 12.2. The molecule has 31 heavy (non-hydrogen) atoms. The molecule has 6 heteroatoms. The van der Waals surface area contributed by atoms with Gasteiger partial charge in [0, 0.05) is 22.3 Å². The van der Waals surface area contributed by atoms with Crippen LogP contribution in [0.15, 0.2) is 71.2 Å². The van der Waals surface area contributed by atoms with E-state index in [1.165, 1.54) is 6.08 Å². The number of ether oxygens (including phenoxy) is 2. The molecule has 0 heterocycles. The standard InChI is InChI=1S/C25H23BrClNO3/c1-3-30-23-15-18(10-13-24(29)28-20-11-8-17(2)9-12-20)14-21(26)25(23)31-16-19-6-4-5-7-22(19)27/h4-15H,3,16H2,1-2H3,(H,28,29)/b13-10+. The van der Waals surface area contributed by atoms with Crippen LogP contribution in [0.25, 0.3) is 6.08 Å². The van der Waals surface area contributed by atoms with Crippen LogP contribution in [-0.2, 0) is 11.4 Å². The third kappa shape index (κ3) is 6.61. The highest BCUT2D eigenvalue weighted by Gasteiger charge is 2.13. The Kier molecular flexibility index (Phi) is 8.15. The number of amides is 1. The van der Waals surface area contributed by atoms with Crippen LogP contribution in [0.5, 0.6) is 11.5 Å². The van der Waals surface area contributed by atoms with E-state index in [2.05, 4.69) is 21.2 Å². The first-order valence-electron chi connectivity index (χ1n) is 9.84. The van der Waals surface area contributed by atoms with Gasteiger partial charge in [0.05, 0.1) is 11.1 Å². The number of carbonyl (C=O) groups is 1. The topological polar surface area (TPSA) is 47.6 Å². The Bertz CT molecular complexity index is 1080. The summed E-state index contributed by atoms with van der Waals surface area (Å²) in [5, 5.41) is 3.49. The fraction of sp³-hybridized carbons (Fsp3) is 0.160. The molecule has 160 valence electrons. The quantitative estimate of drug-likeness (QED) is 0.337. The lowest BCUT2D eigenvalue weighted by molar-refractivity contribution is -0.111. The van der Waals surface area contributed by atoms with Gasteiger partial charge in [-0.3, -0.25) is 4.79 Å². The van der Waals surface area contributed by atoms with Crippen LogP contribution in [0, 0.1) is 6.92 Å². The van der Waals surface area contributed by atoms with Crippen LogP contribution < -0.4 is 14.8 Å². The van der Waals surface area contributed by atoms with E-state index in [1.54, 1.807) is 6.08 Å². The highest BCUT2D eigenvalue weighted by atomic mass is 79.9.